The number of rotatable bonds is 3. The summed E-state index contributed by atoms with van der Waals surface area (Å²) in [5, 5.41) is 3.52. The molecular weight excluding hydrogens is 340 g/mol. The maximum Gasteiger partial charge on any atom is 0.253 e. The number of nitrogens with one attached hydrogen (secondary N) is 1. The Morgan fingerprint density at radius 2 is 2.00 bits per heavy atom. The lowest BCUT2D eigenvalue weighted by Crippen LogP contribution is -2.27. The van der Waals surface area contributed by atoms with Gasteiger partial charge in [0, 0.05) is 15.2 Å². The van der Waals surface area contributed by atoms with Crippen LogP contribution in [0.3, 0.4) is 0 Å². The molecule has 2 rings (SSSR count). The van der Waals surface area contributed by atoms with E-state index in [1.807, 2.05) is 25.1 Å². The van der Waals surface area contributed by atoms with E-state index in [1.54, 1.807) is 24.3 Å². The standard InChI is InChI=1S/C15H14BrClN2O/c1-9(11-4-2-3-5-13(11)17)19-15(20)12-7-6-10(16)8-14(12)18/h2-9H,18H2,1H3,(H,19,20)/t9-/m0/s1. The summed E-state index contributed by atoms with van der Waals surface area (Å²) in [6.45, 7) is 1.88. The van der Waals surface area contributed by atoms with E-state index in [1.165, 1.54) is 0 Å². The second kappa shape index (κ2) is 6.29. The molecule has 2 aromatic rings. The average molecular weight is 354 g/mol. The lowest BCUT2D eigenvalue weighted by Gasteiger charge is -2.16. The van der Waals surface area contributed by atoms with Crippen LogP contribution < -0.4 is 11.1 Å². The number of hydrogen-bond donors (Lipinski definition) is 2. The molecule has 1 amide bonds. The van der Waals surface area contributed by atoms with Gasteiger partial charge in [-0.1, -0.05) is 45.7 Å². The molecule has 2 aromatic carbocycles. The van der Waals surface area contributed by atoms with Crippen molar-refractivity contribution in [1.82, 2.24) is 5.32 Å². The van der Waals surface area contributed by atoms with Gasteiger partial charge in [-0.15, -0.1) is 0 Å². The molecule has 0 aliphatic heterocycles. The van der Waals surface area contributed by atoms with Crippen LogP contribution in [0, 0.1) is 0 Å². The minimum atomic E-state index is -0.220. The van der Waals surface area contributed by atoms with E-state index in [0.29, 0.717) is 16.3 Å². The number of benzene rings is 2. The average Bonchev–Trinajstić information content (AvgIpc) is 2.38. The van der Waals surface area contributed by atoms with Crippen molar-refractivity contribution in [3.05, 3.63) is 63.1 Å². The van der Waals surface area contributed by atoms with E-state index in [9.17, 15) is 4.79 Å². The molecule has 0 aromatic heterocycles. The normalized spacial score (nSPS) is 11.9. The lowest BCUT2D eigenvalue weighted by atomic mass is 10.1. The molecule has 0 saturated heterocycles. The smallest absolute Gasteiger partial charge is 0.253 e. The third-order valence-electron chi connectivity index (χ3n) is 2.98. The maximum absolute atomic E-state index is 12.2. The molecular formula is C15H14BrClN2O. The van der Waals surface area contributed by atoms with Crippen LogP contribution in [-0.2, 0) is 0 Å². The molecule has 3 N–H and O–H groups in total. The van der Waals surface area contributed by atoms with Gasteiger partial charge in [0.25, 0.3) is 5.91 Å². The van der Waals surface area contributed by atoms with Gasteiger partial charge in [0.2, 0.25) is 0 Å². The predicted molar refractivity (Wildman–Crippen MR) is 85.9 cm³/mol. The number of halogens is 2. The fourth-order valence-corrected chi connectivity index (χ4v) is 2.60. The summed E-state index contributed by atoms with van der Waals surface area (Å²) in [6.07, 6.45) is 0. The number of nitrogens with two attached hydrogens (primary N) is 1. The van der Waals surface area contributed by atoms with E-state index < -0.39 is 0 Å². The molecule has 5 heteroatoms. The van der Waals surface area contributed by atoms with Crippen LogP contribution in [0.2, 0.25) is 5.02 Å². The van der Waals surface area contributed by atoms with Gasteiger partial charge >= 0.3 is 0 Å². The molecule has 0 unspecified atom stereocenters. The Morgan fingerprint density at radius 3 is 2.65 bits per heavy atom. The fraction of sp³-hybridized carbons (Fsp3) is 0.133. The number of anilines is 1. The number of amides is 1. The number of nitrogen functional groups attached to an aromatic ring is 1. The molecule has 0 radical (unpaired) electrons. The molecule has 0 heterocycles. The lowest BCUT2D eigenvalue weighted by molar-refractivity contribution is 0.0941. The summed E-state index contributed by atoms with van der Waals surface area (Å²) < 4.78 is 0.839. The molecule has 104 valence electrons. The van der Waals surface area contributed by atoms with Crippen LogP contribution in [0.15, 0.2) is 46.9 Å². The molecule has 0 aliphatic carbocycles. The second-order valence-electron chi connectivity index (χ2n) is 4.45. The Kier molecular flexibility index (Phi) is 4.68. The molecule has 0 bridgehead atoms. The Labute approximate surface area is 131 Å². The van der Waals surface area contributed by atoms with Gasteiger partial charge in [0.1, 0.15) is 0 Å². The fourth-order valence-electron chi connectivity index (χ4n) is 1.92. The largest absolute Gasteiger partial charge is 0.398 e. The topological polar surface area (TPSA) is 55.1 Å². The quantitative estimate of drug-likeness (QED) is 0.813. The first kappa shape index (κ1) is 14.9. The summed E-state index contributed by atoms with van der Waals surface area (Å²) in [7, 11) is 0. The maximum atomic E-state index is 12.2. The van der Waals surface area contributed by atoms with Gasteiger partial charge < -0.3 is 11.1 Å². The first-order valence-corrected chi connectivity index (χ1v) is 7.26. The summed E-state index contributed by atoms with van der Waals surface area (Å²) in [4.78, 5) is 12.2. The molecule has 3 nitrogen and oxygen atoms in total. The van der Waals surface area contributed by atoms with Crippen molar-refractivity contribution in [3.8, 4) is 0 Å². The number of hydrogen-bond acceptors (Lipinski definition) is 2. The zero-order valence-corrected chi connectivity index (χ0v) is 13.2. The minimum Gasteiger partial charge on any atom is -0.398 e. The van der Waals surface area contributed by atoms with Crippen LogP contribution in [0.4, 0.5) is 5.69 Å². The van der Waals surface area contributed by atoms with Gasteiger partial charge in [-0.3, -0.25) is 4.79 Å². The van der Waals surface area contributed by atoms with E-state index in [0.717, 1.165) is 10.0 Å². The van der Waals surface area contributed by atoms with Gasteiger partial charge in [-0.2, -0.15) is 0 Å². The van der Waals surface area contributed by atoms with E-state index in [2.05, 4.69) is 21.2 Å². The van der Waals surface area contributed by atoms with E-state index in [-0.39, 0.29) is 11.9 Å². The van der Waals surface area contributed by atoms with E-state index in [4.69, 9.17) is 17.3 Å². The summed E-state index contributed by atoms with van der Waals surface area (Å²) in [5.74, 6) is -0.220. The van der Waals surface area contributed by atoms with Crippen molar-refractivity contribution in [1.29, 1.82) is 0 Å². The van der Waals surface area contributed by atoms with Crippen molar-refractivity contribution in [2.75, 3.05) is 5.73 Å². The third-order valence-corrected chi connectivity index (χ3v) is 3.82. The Morgan fingerprint density at radius 1 is 1.30 bits per heavy atom. The summed E-state index contributed by atoms with van der Waals surface area (Å²) >= 11 is 9.43. The van der Waals surface area contributed by atoms with Crippen molar-refractivity contribution in [2.45, 2.75) is 13.0 Å². The van der Waals surface area contributed by atoms with Crippen molar-refractivity contribution >= 4 is 39.1 Å². The first-order chi connectivity index (χ1) is 9.49. The Balaban J connectivity index is 2.17. The predicted octanol–water partition coefficient (Wildman–Crippen LogP) is 4.18. The highest BCUT2D eigenvalue weighted by Gasteiger charge is 2.15. The molecule has 0 aliphatic rings. The highest BCUT2D eigenvalue weighted by atomic mass is 79.9. The zero-order valence-electron chi connectivity index (χ0n) is 10.9. The first-order valence-electron chi connectivity index (χ1n) is 6.09. The third kappa shape index (κ3) is 3.32. The molecule has 1 atom stereocenters. The Bertz CT molecular complexity index is 646. The second-order valence-corrected chi connectivity index (χ2v) is 5.77. The molecule has 0 fully saturated rings. The van der Waals surface area contributed by atoms with Crippen LogP contribution in [0.1, 0.15) is 28.9 Å². The highest BCUT2D eigenvalue weighted by Crippen LogP contribution is 2.23. The van der Waals surface area contributed by atoms with Crippen LogP contribution >= 0.6 is 27.5 Å². The number of carbonyl (C=O) groups excluding carboxylic acids is 1. The Hall–Kier alpha value is -1.52. The van der Waals surface area contributed by atoms with Gasteiger partial charge in [-0.05, 0) is 36.8 Å². The SMILES string of the molecule is C[C@H](NC(=O)c1ccc(Br)cc1N)c1ccccc1Cl. The van der Waals surface area contributed by atoms with Crippen LogP contribution in [-0.4, -0.2) is 5.91 Å². The van der Waals surface area contributed by atoms with Gasteiger partial charge in [0.15, 0.2) is 0 Å². The van der Waals surface area contributed by atoms with Crippen LogP contribution in [0.5, 0.6) is 0 Å². The monoisotopic (exact) mass is 352 g/mol. The summed E-state index contributed by atoms with van der Waals surface area (Å²) in [6, 6.07) is 12.4. The minimum absolute atomic E-state index is 0.195. The van der Waals surface area contributed by atoms with Gasteiger partial charge in [0.05, 0.1) is 11.6 Å². The van der Waals surface area contributed by atoms with Crippen molar-refractivity contribution in [2.24, 2.45) is 0 Å². The van der Waals surface area contributed by atoms with Gasteiger partial charge in [-0.25, -0.2) is 0 Å². The molecule has 20 heavy (non-hydrogen) atoms. The van der Waals surface area contributed by atoms with E-state index >= 15 is 0 Å². The van der Waals surface area contributed by atoms with Crippen LogP contribution in [0.25, 0.3) is 0 Å². The van der Waals surface area contributed by atoms with Crippen molar-refractivity contribution < 1.29 is 4.79 Å². The molecule has 0 saturated carbocycles. The number of carbonyl (C=O) groups is 1. The summed E-state index contributed by atoms with van der Waals surface area (Å²) in [5.41, 5.74) is 7.61. The molecule has 0 spiro atoms. The van der Waals surface area contributed by atoms with Crippen molar-refractivity contribution in [3.63, 3.8) is 0 Å². The highest BCUT2D eigenvalue weighted by molar-refractivity contribution is 9.10. The zero-order chi connectivity index (χ0) is 14.7.